The summed E-state index contributed by atoms with van der Waals surface area (Å²) in [5, 5.41) is 9.59. The predicted octanol–water partition coefficient (Wildman–Crippen LogP) is 3.19. The van der Waals surface area contributed by atoms with Crippen molar-refractivity contribution in [3.05, 3.63) is 59.4 Å². The first-order valence-corrected chi connectivity index (χ1v) is 8.60. The first-order valence-electron chi connectivity index (χ1n) is 8.60. The van der Waals surface area contributed by atoms with Gasteiger partial charge in [-0.1, -0.05) is 17.3 Å². The van der Waals surface area contributed by atoms with E-state index in [0.717, 1.165) is 16.8 Å². The Bertz CT molecular complexity index is 967. The van der Waals surface area contributed by atoms with Crippen LogP contribution in [0.1, 0.15) is 31.4 Å². The summed E-state index contributed by atoms with van der Waals surface area (Å²) in [5.74, 6) is -0.733. The molecule has 2 N–H and O–H groups in total. The molecule has 2 aliphatic heterocycles. The van der Waals surface area contributed by atoms with E-state index in [0.29, 0.717) is 17.8 Å². The Kier molecular flexibility index (Phi) is 3.95. The van der Waals surface area contributed by atoms with E-state index >= 15 is 0 Å². The number of oxime groups is 1. The van der Waals surface area contributed by atoms with Crippen LogP contribution in [0.25, 0.3) is 0 Å². The third-order valence-corrected chi connectivity index (χ3v) is 4.92. The normalized spacial score (nSPS) is 19.7. The van der Waals surface area contributed by atoms with Crippen LogP contribution in [0.5, 0.6) is 0 Å². The largest absolute Gasteiger partial charge is 0.382 e. The summed E-state index contributed by atoms with van der Waals surface area (Å²) in [4.78, 5) is 29.8. The maximum atomic E-state index is 13.0. The summed E-state index contributed by atoms with van der Waals surface area (Å²) in [6, 6.07) is 11.2. The number of fused-ring (bicyclic) bond motifs is 1. The van der Waals surface area contributed by atoms with Crippen LogP contribution in [0.3, 0.4) is 0 Å². The molecule has 0 aliphatic carbocycles. The van der Waals surface area contributed by atoms with Crippen molar-refractivity contribution in [3.63, 3.8) is 0 Å². The van der Waals surface area contributed by atoms with E-state index in [1.165, 1.54) is 12.1 Å². The molecule has 0 saturated carbocycles. The lowest BCUT2D eigenvalue weighted by atomic mass is 9.86. The first-order chi connectivity index (χ1) is 12.8. The molecular weight excluding hydrogens is 349 g/mol. The molecule has 2 amide bonds. The Balaban J connectivity index is 1.45. The molecule has 1 unspecified atom stereocenters. The fraction of sp³-hybridized carbons (Fsp3) is 0.250. The van der Waals surface area contributed by atoms with Gasteiger partial charge in [-0.2, -0.15) is 0 Å². The Morgan fingerprint density at radius 1 is 1.26 bits per heavy atom. The zero-order valence-electron chi connectivity index (χ0n) is 14.9. The molecule has 2 aliphatic rings. The second kappa shape index (κ2) is 6.19. The minimum absolute atomic E-state index is 0.0718. The van der Waals surface area contributed by atoms with Gasteiger partial charge in [0, 0.05) is 17.8 Å². The SMILES string of the molecule is CC1(C)C(=O)Nc2ccc(NC(=O)C3CC(c4ccc(F)cc4)=NO3)cc21. The molecule has 6 nitrogen and oxygen atoms in total. The number of hydrogen-bond acceptors (Lipinski definition) is 4. The third-order valence-electron chi connectivity index (χ3n) is 4.92. The maximum absolute atomic E-state index is 13.0. The fourth-order valence-electron chi connectivity index (χ4n) is 3.20. The molecule has 0 bridgehead atoms. The Hall–Kier alpha value is -3.22. The first kappa shape index (κ1) is 17.2. The Morgan fingerprint density at radius 2 is 2.00 bits per heavy atom. The number of amides is 2. The van der Waals surface area contributed by atoms with Gasteiger partial charge in [-0.3, -0.25) is 9.59 Å². The number of nitrogens with zero attached hydrogens (tertiary/aromatic N) is 1. The summed E-state index contributed by atoms with van der Waals surface area (Å²) in [6.07, 6.45) is -0.459. The van der Waals surface area contributed by atoms with Gasteiger partial charge in [0.15, 0.2) is 0 Å². The quantitative estimate of drug-likeness (QED) is 0.874. The number of halogens is 1. The van der Waals surface area contributed by atoms with Crippen molar-refractivity contribution < 1.29 is 18.8 Å². The standard InChI is InChI=1S/C20H18FN3O3/c1-20(2)14-9-13(7-8-15(14)23-19(20)26)22-18(25)17-10-16(24-27-17)11-3-5-12(21)6-4-11/h3-9,17H,10H2,1-2H3,(H,22,25)(H,23,26). The number of hydrogen-bond donors (Lipinski definition) is 2. The molecule has 1 atom stereocenters. The van der Waals surface area contributed by atoms with Crippen molar-refractivity contribution in [2.75, 3.05) is 10.6 Å². The van der Waals surface area contributed by atoms with Crippen molar-refractivity contribution in [1.29, 1.82) is 0 Å². The second-order valence-electron chi connectivity index (χ2n) is 7.17. The van der Waals surface area contributed by atoms with Crippen LogP contribution in [0.4, 0.5) is 15.8 Å². The van der Waals surface area contributed by atoms with Crippen LogP contribution in [-0.2, 0) is 19.8 Å². The van der Waals surface area contributed by atoms with Gasteiger partial charge in [0.25, 0.3) is 5.91 Å². The molecular formula is C20H18FN3O3. The van der Waals surface area contributed by atoms with Gasteiger partial charge in [0.1, 0.15) is 5.82 Å². The lowest BCUT2D eigenvalue weighted by Crippen LogP contribution is -2.28. The van der Waals surface area contributed by atoms with Gasteiger partial charge in [0.05, 0.1) is 11.1 Å². The summed E-state index contributed by atoms with van der Waals surface area (Å²) < 4.78 is 13.0. The summed E-state index contributed by atoms with van der Waals surface area (Å²) in [6.45, 7) is 3.67. The highest BCUT2D eigenvalue weighted by molar-refractivity contribution is 6.08. The highest BCUT2D eigenvalue weighted by Crippen LogP contribution is 2.38. The van der Waals surface area contributed by atoms with Gasteiger partial charge in [-0.25, -0.2) is 4.39 Å². The molecule has 0 aromatic heterocycles. The van der Waals surface area contributed by atoms with Gasteiger partial charge in [-0.05, 0) is 55.3 Å². The number of anilines is 2. The zero-order valence-corrected chi connectivity index (χ0v) is 14.9. The van der Waals surface area contributed by atoms with Crippen LogP contribution in [0, 0.1) is 5.82 Å². The van der Waals surface area contributed by atoms with Crippen molar-refractivity contribution >= 4 is 28.9 Å². The fourth-order valence-corrected chi connectivity index (χ4v) is 3.20. The maximum Gasteiger partial charge on any atom is 0.268 e. The van der Waals surface area contributed by atoms with E-state index in [4.69, 9.17) is 4.84 Å². The topological polar surface area (TPSA) is 79.8 Å². The zero-order chi connectivity index (χ0) is 19.2. The lowest BCUT2D eigenvalue weighted by molar-refractivity contribution is -0.125. The molecule has 2 aromatic rings. The van der Waals surface area contributed by atoms with Crippen molar-refractivity contribution in [3.8, 4) is 0 Å². The van der Waals surface area contributed by atoms with Crippen molar-refractivity contribution in [1.82, 2.24) is 0 Å². The Morgan fingerprint density at radius 3 is 2.74 bits per heavy atom. The summed E-state index contributed by atoms with van der Waals surface area (Å²) in [7, 11) is 0. The van der Waals surface area contributed by atoms with Crippen LogP contribution in [-0.4, -0.2) is 23.6 Å². The highest BCUT2D eigenvalue weighted by atomic mass is 19.1. The van der Waals surface area contributed by atoms with Crippen molar-refractivity contribution in [2.45, 2.75) is 31.8 Å². The van der Waals surface area contributed by atoms with E-state index in [1.54, 1.807) is 30.3 Å². The number of carbonyl (C=O) groups is 2. The number of nitrogens with one attached hydrogen (secondary N) is 2. The predicted molar refractivity (Wildman–Crippen MR) is 99.2 cm³/mol. The van der Waals surface area contributed by atoms with Gasteiger partial charge in [0.2, 0.25) is 12.0 Å². The molecule has 0 radical (unpaired) electrons. The molecule has 27 heavy (non-hydrogen) atoms. The van der Waals surface area contributed by atoms with Gasteiger partial charge in [-0.15, -0.1) is 0 Å². The molecule has 0 fully saturated rings. The van der Waals surface area contributed by atoms with Crippen LogP contribution in [0.2, 0.25) is 0 Å². The summed E-state index contributed by atoms with van der Waals surface area (Å²) in [5.41, 5.74) is 2.83. The van der Waals surface area contributed by atoms with E-state index in [1.807, 2.05) is 13.8 Å². The molecule has 2 heterocycles. The van der Waals surface area contributed by atoms with Gasteiger partial charge < -0.3 is 15.5 Å². The second-order valence-corrected chi connectivity index (χ2v) is 7.17. The van der Waals surface area contributed by atoms with E-state index in [2.05, 4.69) is 15.8 Å². The van der Waals surface area contributed by atoms with E-state index in [9.17, 15) is 14.0 Å². The molecule has 4 rings (SSSR count). The number of benzene rings is 2. The minimum atomic E-state index is -0.758. The van der Waals surface area contributed by atoms with Gasteiger partial charge >= 0.3 is 0 Å². The lowest BCUT2D eigenvalue weighted by Gasteiger charge is -2.16. The third kappa shape index (κ3) is 3.05. The summed E-state index contributed by atoms with van der Waals surface area (Å²) >= 11 is 0. The van der Waals surface area contributed by atoms with Crippen LogP contribution >= 0.6 is 0 Å². The molecule has 0 spiro atoms. The Labute approximate surface area is 155 Å². The monoisotopic (exact) mass is 367 g/mol. The van der Waals surface area contributed by atoms with E-state index < -0.39 is 11.5 Å². The number of carbonyl (C=O) groups excluding carboxylic acids is 2. The molecule has 2 aromatic carbocycles. The number of rotatable bonds is 3. The van der Waals surface area contributed by atoms with Crippen molar-refractivity contribution in [2.24, 2.45) is 5.16 Å². The molecule has 7 heteroatoms. The average molecular weight is 367 g/mol. The molecule has 0 saturated heterocycles. The van der Waals surface area contributed by atoms with Crippen LogP contribution < -0.4 is 10.6 Å². The molecule has 138 valence electrons. The van der Waals surface area contributed by atoms with E-state index in [-0.39, 0.29) is 17.6 Å². The average Bonchev–Trinajstić information content (AvgIpc) is 3.21. The van der Waals surface area contributed by atoms with Crippen LogP contribution in [0.15, 0.2) is 47.6 Å². The minimum Gasteiger partial charge on any atom is -0.382 e. The smallest absolute Gasteiger partial charge is 0.268 e. The highest BCUT2D eigenvalue weighted by Gasteiger charge is 2.38.